The summed E-state index contributed by atoms with van der Waals surface area (Å²) in [6, 6.07) is 18.3. The molecule has 2 aliphatic heterocycles. The van der Waals surface area contributed by atoms with E-state index in [1.807, 2.05) is 67.6 Å². The van der Waals surface area contributed by atoms with Crippen molar-refractivity contribution in [1.82, 2.24) is 25.1 Å². The predicted molar refractivity (Wildman–Crippen MR) is 120 cm³/mol. The number of fused-ring (bicyclic) bond motifs is 1. The van der Waals surface area contributed by atoms with Crippen LogP contribution in [-0.2, 0) is 16.1 Å². The summed E-state index contributed by atoms with van der Waals surface area (Å²) in [6.45, 7) is 4.38. The molecule has 0 unspecified atom stereocenters. The second-order valence-corrected chi connectivity index (χ2v) is 8.34. The van der Waals surface area contributed by atoms with Crippen LogP contribution in [0.1, 0.15) is 31.0 Å². The van der Waals surface area contributed by atoms with Crippen molar-refractivity contribution in [2.24, 2.45) is 0 Å². The number of nitrogens with one attached hydrogen (secondary N) is 1. The van der Waals surface area contributed by atoms with Crippen LogP contribution in [-0.4, -0.2) is 70.0 Å². The standard InChI is InChI=1S/C24H29N5O3/c1-17(20-12-8-5-9-13-20)27-15-21-28(18(2)23(27)31)22(30)16-26(3)29(21)24(32)25-14-19-10-6-4-7-11-19/h4-13,17-18,21H,14-16H2,1-3H3,(H,25,32)/t17-,18+,21+/m1/s1. The minimum atomic E-state index is -0.648. The average Bonchev–Trinajstić information content (AvgIpc) is 2.80. The van der Waals surface area contributed by atoms with Gasteiger partial charge in [0.2, 0.25) is 11.8 Å². The highest BCUT2D eigenvalue weighted by Crippen LogP contribution is 2.30. The Labute approximate surface area is 188 Å². The molecule has 2 aromatic carbocycles. The second-order valence-electron chi connectivity index (χ2n) is 8.34. The van der Waals surface area contributed by atoms with Crippen molar-refractivity contribution in [3.8, 4) is 0 Å². The molecule has 2 aromatic rings. The molecule has 32 heavy (non-hydrogen) atoms. The van der Waals surface area contributed by atoms with Gasteiger partial charge in [-0.3, -0.25) is 9.59 Å². The lowest BCUT2D eigenvalue weighted by Crippen LogP contribution is -2.75. The minimum absolute atomic E-state index is 0.0428. The number of hydrogen-bond acceptors (Lipinski definition) is 4. The van der Waals surface area contributed by atoms with Gasteiger partial charge < -0.3 is 15.1 Å². The number of urea groups is 1. The summed E-state index contributed by atoms with van der Waals surface area (Å²) in [5, 5.41) is 6.16. The smallest absolute Gasteiger partial charge is 0.333 e. The molecule has 168 valence electrons. The lowest BCUT2D eigenvalue weighted by Gasteiger charge is -2.54. The third kappa shape index (κ3) is 4.05. The molecule has 0 radical (unpaired) electrons. The van der Waals surface area contributed by atoms with Crippen LogP contribution >= 0.6 is 0 Å². The zero-order chi connectivity index (χ0) is 22.8. The summed E-state index contributed by atoms with van der Waals surface area (Å²) in [7, 11) is 1.73. The number of carbonyl (C=O) groups is 3. The van der Waals surface area contributed by atoms with Crippen LogP contribution in [0.3, 0.4) is 0 Å². The third-order valence-electron chi connectivity index (χ3n) is 6.29. The summed E-state index contributed by atoms with van der Waals surface area (Å²) >= 11 is 0. The highest BCUT2D eigenvalue weighted by atomic mass is 16.2. The quantitative estimate of drug-likeness (QED) is 0.799. The van der Waals surface area contributed by atoms with E-state index < -0.39 is 12.2 Å². The summed E-state index contributed by atoms with van der Waals surface area (Å²) in [4.78, 5) is 42.6. The van der Waals surface area contributed by atoms with Crippen LogP contribution in [0.2, 0.25) is 0 Å². The van der Waals surface area contributed by atoms with Gasteiger partial charge in [0.1, 0.15) is 12.2 Å². The van der Waals surface area contributed by atoms with E-state index in [0.717, 1.165) is 11.1 Å². The van der Waals surface area contributed by atoms with Gasteiger partial charge in [-0.05, 0) is 25.0 Å². The maximum absolute atomic E-state index is 13.2. The Hall–Kier alpha value is -3.39. The van der Waals surface area contributed by atoms with E-state index >= 15 is 0 Å². The SMILES string of the molecule is C[C@H](c1ccccc1)N1C[C@H]2N(C(=O)CN(C)N2C(=O)NCc2ccccc2)[C@@H](C)C1=O. The normalized spacial score (nSPS) is 22.5. The molecule has 0 saturated carbocycles. The number of likely N-dealkylation sites (N-methyl/N-ethyl adjacent to an activating group) is 1. The largest absolute Gasteiger partial charge is 0.334 e. The number of nitrogens with zero attached hydrogens (tertiary/aromatic N) is 4. The summed E-state index contributed by atoms with van der Waals surface area (Å²) in [5.74, 6) is -0.266. The predicted octanol–water partition coefficient (Wildman–Crippen LogP) is 2.21. The van der Waals surface area contributed by atoms with E-state index in [0.29, 0.717) is 6.54 Å². The van der Waals surface area contributed by atoms with Crippen molar-refractivity contribution in [2.45, 2.75) is 38.6 Å². The number of hydrazine groups is 1. The zero-order valence-electron chi connectivity index (χ0n) is 18.6. The first-order chi connectivity index (χ1) is 15.4. The molecular weight excluding hydrogens is 406 g/mol. The van der Waals surface area contributed by atoms with Gasteiger partial charge in [-0.2, -0.15) is 0 Å². The molecule has 3 atom stereocenters. The fourth-order valence-electron chi connectivity index (χ4n) is 4.53. The Kier molecular flexibility index (Phi) is 6.14. The van der Waals surface area contributed by atoms with E-state index in [1.165, 1.54) is 0 Å². The first-order valence-electron chi connectivity index (χ1n) is 10.9. The molecule has 4 rings (SSSR count). The van der Waals surface area contributed by atoms with Crippen molar-refractivity contribution in [3.63, 3.8) is 0 Å². The summed E-state index contributed by atoms with van der Waals surface area (Å²) < 4.78 is 0. The summed E-state index contributed by atoms with van der Waals surface area (Å²) in [5.41, 5.74) is 2.00. The number of benzene rings is 2. The topological polar surface area (TPSA) is 76.2 Å². The minimum Gasteiger partial charge on any atom is -0.333 e. The average molecular weight is 436 g/mol. The number of amides is 4. The van der Waals surface area contributed by atoms with Gasteiger partial charge in [-0.15, -0.1) is 0 Å². The van der Waals surface area contributed by atoms with Crippen LogP contribution in [0.4, 0.5) is 4.79 Å². The van der Waals surface area contributed by atoms with Crippen molar-refractivity contribution in [1.29, 1.82) is 0 Å². The number of hydrogen-bond donors (Lipinski definition) is 1. The highest BCUT2D eigenvalue weighted by molar-refractivity contribution is 5.91. The monoisotopic (exact) mass is 435 g/mol. The van der Waals surface area contributed by atoms with E-state index in [-0.39, 0.29) is 37.0 Å². The van der Waals surface area contributed by atoms with Gasteiger partial charge in [-0.25, -0.2) is 14.8 Å². The van der Waals surface area contributed by atoms with Gasteiger partial charge >= 0.3 is 6.03 Å². The molecule has 4 amide bonds. The third-order valence-corrected chi connectivity index (χ3v) is 6.29. The molecule has 2 heterocycles. The van der Waals surface area contributed by atoms with Crippen LogP contribution < -0.4 is 5.32 Å². The zero-order valence-corrected chi connectivity index (χ0v) is 18.6. The molecule has 2 fully saturated rings. The number of rotatable bonds is 4. The molecule has 8 heteroatoms. The molecule has 2 aliphatic rings. The Balaban J connectivity index is 1.58. The molecule has 8 nitrogen and oxygen atoms in total. The number of piperazine rings is 1. The van der Waals surface area contributed by atoms with Crippen LogP contribution in [0.25, 0.3) is 0 Å². The molecular formula is C24H29N5O3. The first kappa shape index (κ1) is 21.8. The van der Waals surface area contributed by atoms with E-state index in [4.69, 9.17) is 0 Å². The molecule has 0 aromatic heterocycles. The Bertz CT molecular complexity index is 984. The molecule has 0 aliphatic carbocycles. The maximum Gasteiger partial charge on any atom is 0.334 e. The first-order valence-corrected chi connectivity index (χ1v) is 10.9. The Morgan fingerprint density at radius 3 is 2.34 bits per heavy atom. The van der Waals surface area contributed by atoms with Gasteiger partial charge in [0.05, 0.1) is 19.1 Å². The van der Waals surface area contributed by atoms with E-state index in [2.05, 4.69) is 5.32 Å². The molecule has 2 saturated heterocycles. The summed E-state index contributed by atoms with van der Waals surface area (Å²) in [6.07, 6.45) is -0.573. The van der Waals surface area contributed by atoms with E-state index in [9.17, 15) is 14.4 Å². The fourth-order valence-corrected chi connectivity index (χ4v) is 4.53. The van der Waals surface area contributed by atoms with Crippen molar-refractivity contribution in [3.05, 3.63) is 71.8 Å². The van der Waals surface area contributed by atoms with Crippen LogP contribution in [0, 0.1) is 0 Å². The lowest BCUT2D eigenvalue weighted by molar-refractivity contribution is -0.187. The Morgan fingerprint density at radius 2 is 1.69 bits per heavy atom. The van der Waals surface area contributed by atoms with Gasteiger partial charge in [0.15, 0.2) is 0 Å². The highest BCUT2D eigenvalue weighted by Gasteiger charge is 2.50. The van der Waals surface area contributed by atoms with Gasteiger partial charge in [0.25, 0.3) is 0 Å². The second kappa shape index (κ2) is 9.00. The van der Waals surface area contributed by atoms with E-state index in [1.54, 1.807) is 33.8 Å². The van der Waals surface area contributed by atoms with Crippen molar-refractivity contribution < 1.29 is 14.4 Å². The fraction of sp³-hybridized carbons (Fsp3) is 0.375. The van der Waals surface area contributed by atoms with Crippen molar-refractivity contribution >= 4 is 17.8 Å². The molecule has 1 N–H and O–H groups in total. The van der Waals surface area contributed by atoms with Crippen molar-refractivity contribution in [2.75, 3.05) is 20.1 Å². The molecule has 0 spiro atoms. The van der Waals surface area contributed by atoms with Crippen LogP contribution in [0.15, 0.2) is 60.7 Å². The van der Waals surface area contributed by atoms with Gasteiger partial charge in [-0.1, -0.05) is 60.7 Å². The Morgan fingerprint density at radius 1 is 1.06 bits per heavy atom. The van der Waals surface area contributed by atoms with Crippen LogP contribution in [0.5, 0.6) is 0 Å². The lowest BCUT2D eigenvalue weighted by atomic mass is 10.0. The molecule has 0 bridgehead atoms. The maximum atomic E-state index is 13.2. The number of carbonyl (C=O) groups excluding carboxylic acids is 3. The van der Waals surface area contributed by atoms with Gasteiger partial charge in [0, 0.05) is 13.6 Å².